The lowest BCUT2D eigenvalue weighted by Gasteiger charge is -2.22. The average molecular weight is 224 g/mol. The first-order valence-electron chi connectivity index (χ1n) is 5.07. The summed E-state index contributed by atoms with van der Waals surface area (Å²) in [6.45, 7) is 2.50. The van der Waals surface area contributed by atoms with Crippen molar-refractivity contribution in [3.63, 3.8) is 0 Å². The molecule has 86 valence electrons. The highest BCUT2D eigenvalue weighted by Crippen LogP contribution is 2.09. The van der Waals surface area contributed by atoms with Gasteiger partial charge in [0.15, 0.2) is 0 Å². The molecule has 0 unspecified atom stereocenters. The Morgan fingerprint density at radius 1 is 1.38 bits per heavy atom. The van der Waals surface area contributed by atoms with E-state index < -0.39 is 11.9 Å². The van der Waals surface area contributed by atoms with Crippen molar-refractivity contribution in [3.05, 3.63) is 17.8 Å². The molecule has 0 bridgehead atoms. The van der Waals surface area contributed by atoms with Crippen molar-refractivity contribution in [2.45, 2.75) is 19.9 Å². The standard InChI is InChI=1S/C10H12N2O4/c1-2-7-3-11-8(15-7)4-12-5-9(13)16-10(14)6-12/h3H,2,4-6H2,1H3. The molecule has 2 rings (SSSR count). The molecule has 0 atom stereocenters. The maximum atomic E-state index is 11.0. The second-order valence-corrected chi connectivity index (χ2v) is 3.57. The monoisotopic (exact) mass is 224 g/mol. The van der Waals surface area contributed by atoms with Crippen LogP contribution in [0.1, 0.15) is 18.6 Å². The molecule has 1 fully saturated rings. The molecule has 1 aromatic rings. The van der Waals surface area contributed by atoms with Crippen LogP contribution in [0.3, 0.4) is 0 Å². The Bertz CT molecular complexity index is 397. The van der Waals surface area contributed by atoms with Crippen molar-refractivity contribution in [2.24, 2.45) is 0 Å². The van der Waals surface area contributed by atoms with E-state index in [9.17, 15) is 9.59 Å². The molecule has 1 saturated heterocycles. The number of carbonyl (C=O) groups excluding carboxylic acids is 2. The number of hydrogen-bond acceptors (Lipinski definition) is 6. The molecule has 0 N–H and O–H groups in total. The van der Waals surface area contributed by atoms with Crippen molar-refractivity contribution in [2.75, 3.05) is 13.1 Å². The highest BCUT2D eigenvalue weighted by molar-refractivity contribution is 5.90. The van der Waals surface area contributed by atoms with Crippen molar-refractivity contribution in [3.8, 4) is 0 Å². The Balaban J connectivity index is 1.98. The number of ether oxygens (including phenoxy) is 1. The fourth-order valence-electron chi connectivity index (χ4n) is 1.50. The number of esters is 2. The molecule has 0 spiro atoms. The quantitative estimate of drug-likeness (QED) is 0.536. The lowest BCUT2D eigenvalue weighted by Crippen LogP contribution is -2.42. The summed E-state index contributed by atoms with van der Waals surface area (Å²) < 4.78 is 9.80. The first kappa shape index (κ1) is 10.8. The third-order valence-corrected chi connectivity index (χ3v) is 2.24. The lowest BCUT2D eigenvalue weighted by molar-refractivity contribution is -0.167. The zero-order chi connectivity index (χ0) is 11.5. The van der Waals surface area contributed by atoms with Gasteiger partial charge >= 0.3 is 11.9 Å². The van der Waals surface area contributed by atoms with Crippen molar-refractivity contribution in [1.29, 1.82) is 0 Å². The summed E-state index contributed by atoms with van der Waals surface area (Å²) in [6, 6.07) is 0. The van der Waals surface area contributed by atoms with E-state index >= 15 is 0 Å². The number of nitrogens with zero attached hydrogens (tertiary/aromatic N) is 2. The number of hydrogen-bond donors (Lipinski definition) is 0. The van der Waals surface area contributed by atoms with Crippen LogP contribution in [0.4, 0.5) is 0 Å². The predicted molar refractivity (Wildman–Crippen MR) is 52.3 cm³/mol. The first-order valence-corrected chi connectivity index (χ1v) is 5.07. The predicted octanol–water partition coefficient (Wildman–Crippen LogP) is 0.122. The van der Waals surface area contributed by atoms with E-state index in [0.717, 1.165) is 12.2 Å². The zero-order valence-corrected chi connectivity index (χ0v) is 8.93. The van der Waals surface area contributed by atoms with Crippen LogP contribution < -0.4 is 0 Å². The number of aryl methyl sites for hydroxylation is 1. The Morgan fingerprint density at radius 3 is 2.62 bits per heavy atom. The summed E-state index contributed by atoms with van der Waals surface area (Å²) in [7, 11) is 0. The van der Waals surface area contributed by atoms with Gasteiger partial charge in [-0.25, -0.2) is 4.98 Å². The van der Waals surface area contributed by atoms with Gasteiger partial charge in [0.1, 0.15) is 5.76 Å². The Morgan fingerprint density at radius 2 is 2.06 bits per heavy atom. The Labute approximate surface area is 92.2 Å². The van der Waals surface area contributed by atoms with Crippen LogP contribution in [0.5, 0.6) is 0 Å². The maximum absolute atomic E-state index is 11.0. The maximum Gasteiger partial charge on any atom is 0.327 e. The minimum Gasteiger partial charge on any atom is -0.444 e. The number of carbonyl (C=O) groups is 2. The van der Waals surface area contributed by atoms with E-state index in [-0.39, 0.29) is 13.1 Å². The fraction of sp³-hybridized carbons (Fsp3) is 0.500. The molecule has 0 aromatic carbocycles. The molecule has 1 aromatic heterocycles. The van der Waals surface area contributed by atoms with Gasteiger partial charge in [-0.15, -0.1) is 0 Å². The van der Waals surface area contributed by atoms with Gasteiger partial charge in [0, 0.05) is 6.42 Å². The lowest BCUT2D eigenvalue weighted by atomic mass is 10.4. The summed E-state index contributed by atoms with van der Waals surface area (Å²) in [6.07, 6.45) is 2.42. The summed E-state index contributed by atoms with van der Waals surface area (Å²) in [5, 5.41) is 0. The van der Waals surface area contributed by atoms with Crippen LogP contribution in [0.25, 0.3) is 0 Å². The Kier molecular flexibility index (Phi) is 3.00. The number of rotatable bonds is 3. The summed E-state index contributed by atoms with van der Waals surface area (Å²) >= 11 is 0. The van der Waals surface area contributed by atoms with Crippen LogP contribution in [0, 0.1) is 0 Å². The van der Waals surface area contributed by atoms with Gasteiger partial charge in [-0.05, 0) is 0 Å². The molecule has 1 aliphatic rings. The smallest absolute Gasteiger partial charge is 0.327 e. The Hall–Kier alpha value is -1.69. The van der Waals surface area contributed by atoms with E-state index in [2.05, 4.69) is 9.72 Å². The second kappa shape index (κ2) is 4.44. The van der Waals surface area contributed by atoms with Crippen molar-refractivity contribution < 1.29 is 18.7 Å². The van der Waals surface area contributed by atoms with E-state index in [0.29, 0.717) is 12.4 Å². The highest BCUT2D eigenvalue weighted by atomic mass is 16.6. The molecule has 0 amide bonds. The molecule has 6 heteroatoms. The SMILES string of the molecule is CCc1cnc(CN2CC(=O)OC(=O)C2)o1. The molecule has 1 aliphatic heterocycles. The van der Waals surface area contributed by atoms with Gasteiger partial charge in [-0.1, -0.05) is 6.92 Å². The molecular weight excluding hydrogens is 212 g/mol. The number of oxazole rings is 1. The molecule has 0 radical (unpaired) electrons. The minimum absolute atomic E-state index is 0.0928. The molecule has 0 aliphatic carbocycles. The van der Waals surface area contributed by atoms with E-state index in [1.807, 2.05) is 6.92 Å². The van der Waals surface area contributed by atoms with E-state index in [4.69, 9.17) is 4.42 Å². The normalized spacial score (nSPS) is 17.6. The minimum atomic E-state index is -0.529. The van der Waals surface area contributed by atoms with Crippen LogP contribution in [-0.4, -0.2) is 34.9 Å². The zero-order valence-electron chi connectivity index (χ0n) is 8.93. The first-order chi connectivity index (χ1) is 7.67. The average Bonchev–Trinajstić information content (AvgIpc) is 2.64. The molecular formula is C10H12N2O4. The third kappa shape index (κ3) is 2.46. The van der Waals surface area contributed by atoms with Gasteiger partial charge in [0.2, 0.25) is 5.89 Å². The van der Waals surface area contributed by atoms with E-state index in [1.165, 1.54) is 0 Å². The largest absolute Gasteiger partial charge is 0.444 e. The van der Waals surface area contributed by atoms with Gasteiger partial charge < -0.3 is 9.15 Å². The van der Waals surface area contributed by atoms with Gasteiger partial charge in [0.05, 0.1) is 25.8 Å². The van der Waals surface area contributed by atoms with Crippen molar-refractivity contribution >= 4 is 11.9 Å². The topological polar surface area (TPSA) is 72.6 Å². The molecule has 16 heavy (non-hydrogen) atoms. The number of cyclic esters (lactones) is 2. The van der Waals surface area contributed by atoms with Crippen molar-refractivity contribution in [1.82, 2.24) is 9.88 Å². The highest BCUT2D eigenvalue weighted by Gasteiger charge is 2.25. The second-order valence-electron chi connectivity index (χ2n) is 3.57. The van der Waals surface area contributed by atoms with Gasteiger partial charge in [0.25, 0.3) is 0 Å². The van der Waals surface area contributed by atoms with Gasteiger partial charge in [-0.3, -0.25) is 14.5 Å². The number of morpholine rings is 1. The van der Waals surface area contributed by atoms with Gasteiger partial charge in [-0.2, -0.15) is 0 Å². The summed E-state index contributed by atoms with van der Waals surface area (Å²) in [5.41, 5.74) is 0. The molecule has 0 saturated carbocycles. The van der Waals surface area contributed by atoms with Crippen LogP contribution >= 0.6 is 0 Å². The molecule has 6 nitrogen and oxygen atoms in total. The third-order valence-electron chi connectivity index (χ3n) is 2.24. The summed E-state index contributed by atoms with van der Waals surface area (Å²) in [4.78, 5) is 27.7. The van der Waals surface area contributed by atoms with Crippen LogP contribution in [0.2, 0.25) is 0 Å². The van der Waals surface area contributed by atoms with Crippen LogP contribution in [0.15, 0.2) is 10.6 Å². The van der Waals surface area contributed by atoms with E-state index in [1.54, 1.807) is 11.1 Å². The summed E-state index contributed by atoms with van der Waals surface area (Å²) in [5.74, 6) is 0.248. The van der Waals surface area contributed by atoms with Crippen LogP contribution in [-0.2, 0) is 27.3 Å². The fourth-order valence-corrected chi connectivity index (χ4v) is 1.50. The molecule has 2 heterocycles. The number of aromatic nitrogens is 1.